The summed E-state index contributed by atoms with van der Waals surface area (Å²) in [7, 11) is 0. The van der Waals surface area contributed by atoms with Crippen molar-refractivity contribution in [2.75, 3.05) is 13.1 Å². The van der Waals surface area contributed by atoms with Gasteiger partial charge >= 0.3 is 6.36 Å². The first-order valence-electron chi connectivity index (χ1n) is 10.3. The second kappa shape index (κ2) is 8.23. The molecule has 0 bridgehead atoms. The molecule has 1 fully saturated rings. The van der Waals surface area contributed by atoms with Crippen LogP contribution in [0.3, 0.4) is 0 Å². The van der Waals surface area contributed by atoms with Crippen molar-refractivity contribution < 1.29 is 22.7 Å². The topological polar surface area (TPSA) is 84.0 Å². The zero-order valence-electron chi connectivity index (χ0n) is 17.3. The summed E-state index contributed by atoms with van der Waals surface area (Å²) in [6.07, 6.45) is -1.19. The van der Waals surface area contributed by atoms with E-state index >= 15 is 0 Å². The lowest BCUT2D eigenvalue weighted by Crippen LogP contribution is -2.45. The van der Waals surface area contributed by atoms with Crippen molar-refractivity contribution >= 4 is 45.1 Å². The van der Waals surface area contributed by atoms with E-state index in [9.17, 15) is 18.0 Å². The van der Waals surface area contributed by atoms with Crippen LogP contribution in [-0.2, 0) is 0 Å². The van der Waals surface area contributed by atoms with Gasteiger partial charge in [0.2, 0.25) is 0 Å². The van der Waals surface area contributed by atoms with E-state index in [0.717, 1.165) is 36.8 Å². The molecule has 1 aromatic carbocycles. The Hall–Kier alpha value is -3.31. The molecule has 1 aliphatic heterocycles. The number of halogens is 3. The van der Waals surface area contributed by atoms with E-state index in [1.807, 2.05) is 0 Å². The Bertz CT molecular complexity index is 1380. The maximum Gasteiger partial charge on any atom is 0.573 e. The number of thiophene rings is 1. The predicted octanol–water partition coefficient (Wildman–Crippen LogP) is 3.64. The lowest BCUT2D eigenvalue weighted by molar-refractivity contribution is -0.274. The highest BCUT2D eigenvalue weighted by molar-refractivity contribution is 7.21. The van der Waals surface area contributed by atoms with E-state index in [-0.39, 0.29) is 17.7 Å². The molecular formula is C22H20F3N5O2S. The minimum atomic E-state index is -4.76. The fraction of sp³-hybridized carbons (Fsp3) is 0.273. The number of piperidine rings is 1. The van der Waals surface area contributed by atoms with Crippen molar-refractivity contribution in [3.05, 3.63) is 46.9 Å². The van der Waals surface area contributed by atoms with Crippen LogP contribution in [0.25, 0.3) is 33.5 Å². The van der Waals surface area contributed by atoms with Crippen molar-refractivity contribution in [1.82, 2.24) is 25.2 Å². The molecule has 1 atom stereocenters. The van der Waals surface area contributed by atoms with Crippen LogP contribution < -0.4 is 20.9 Å². The van der Waals surface area contributed by atoms with Gasteiger partial charge in [0.05, 0.1) is 16.4 Å². The third-order valence-electron chi connectivity index (χ3n) is 5.52. The first-order valence-corrected chi connectivity index (χ1v) is 11.2. The van der Waals surface area contributed by atoms with Crippen LogP contribution in [0.4, 0.5) is 13.2 Å². The number of carbonyl (C=O) groups excluding carboxylic acids is 1. The Morgan fingerprint density at radius 1 is 1.27 bits per heavy atom. The number of nitrogens with one attached hydrogen (secondary N) is 3. The second-order valence-corrected chi connectivity index (χ2v) is 8.78. The quantitative estimate of drug-likeness (QED) is 0.421. The van der Waals surface area contributed by atoms with Gasteiger partial charge in [0, 0.05) is 24.5 Å². The highest BCUT2D eigenvalue weighted by atomic mass is 32.1. The normalized spacial score (nSPS) is 16.9. The molecule has 3 aromatic heterocycles. The Morgan fingerprint density at radius 2 is 2.06 bits per heavy atom. The van der Waals surface area contributed by atoms with Crippen LogP contribution in [-0.4, -0.2) is 45.9 Å². The van der Waals surface area contributed by atoms with Crippen LogP contribution >= 0.6 is 11.3 Å². The summed E-state index contributed by atoms with van der Waals surface area (Å²) in [6, 6.07) is 7.38. The highest BCUT2D eigenvalue weighted by Crippen LogP contribution is 2.34. The fourth-order valence-corrected chi connectivity index (χ4v) is 5.16. The number of ether oxygens (including phenoxy) is 1. The number of pyridine rings is 1. The average molecular weight is 475 g/mol. The number of hydrogen-bond acceptors (Lipinski definition) is 5. The van der Waals surface area contributed by atoms with Crippen molar-refractivity contribution in [1.29, 1.82) is 0 Å². The Kier molecular flexibility index (Phi) is 5.37. The molecule has 1 saturated heterocycles. The zero-order valence-corrected chi connectivity index (χ0v) is 18.1. The number of carbonyl (C=O) groups is 1. The zero-order chi connectivity index (χ0) is 23.2. The molecule has 4 aromatic rings. The first kappa shape index (κ1) is 21.5. The van der Waals surface area contributed by atoms with Crippen LogP contribution in [0, 0.1) is 0 Å². The predicted molar refractivity (Wildman–Crippen MR) is 120 cm³/mol. The summed E-state index contributed by atoms with van der Waals surface area (Å²) < 4.78 is 43.2. The number of amides is 1. The van der Waals surface area contributed by atoms with Crippen molar-refractivity contribution in [3.8, 4) is 11.4 Å². The van der Waals surface area contributed by atoms with Crippen LogP contribution in [0.5, 0.6) is 5.75 Å². The maximum atomic E-state index is 13.1. The fourth-order valence-electron chi connectivity index (χ4n) is 4.14. The van der Waals surface area contributed by atoms with Crippen LogP contribution in [0.15, 0.2) is 36.5 Å². The van der Waals surface area contributed by atoms with E-state index in [2.05, 4.69) is 31.9 Å². The van der Waals surface area contributed by atoms with Gasteiger partial charge in [-0.05, 0) is 49.7 Å². The minimum Gasteiger partial charge on any atom is -0.406 e. The third kappa shape index (κ3) is 4.21. The highest BCUT2D eigenvalue weighted by Gasteiger charge is 2.31. The SMILES string of the molecule is C=c1[nH]c2c(C(=O)NC3CCCNC3)sc3nccc(c32)n1-c1ccc(OC(F)(F)F)cc1. The van der Waals surface area contributed by atoms with E-state index < -0.39 is 6.36 Å². The molecule has 3 N–H and O–H groups in total. The summed E-state index contributed by atoms with van der Waals surface area (Å²) >= 11 is 1.29. The number of nitrogens with zero attached hydrogens (tertiary/aromatic N) is 2. The standard InChI is InChI=1S/C22H20F3N5O2S/c1-12-28-18-17-16(30(12)14-4-6-15(7-5-14)32-22(23,24)25)8-10-27-21(17)33-19(18)20(31)29-13-3-2-9-26-11-13/h4-8,10,13,26,28H,1-3,9,11H2,(H,29,31). The molecule has 0 spiro atoms. The summed E-state index contributed by atoms with van der Waals surface area (Å²) in [6.45, 7) is 5.77. The maximum absolute atomic E-state index is 13.1. The van der Waals surface area contributed by atoms with E-state index in [0.29, 0.717) is 26.4 Å². The molecule has 1 unspecified atom stereocenters. The average Bonchev–Trinajstić information content (AvgIpc) is 3.14. The molecular weight excluding hydrogens is 455 g/mol. The molecule has 0 saturated carbocycles. The van der Waals surface area contributed by atoms with Gasteiger partial charge in [0.1, 0.15) is 20.9 Å². The molecule has 1 aliphatic rings. The Morgan fingerprint density at radius 3 is 2.76 bits per heavy atom. The summed E-state index contributed by atoms with van der Waals surface area (Å²) in [5.74, 6) is -0.482. The van der Waals surface area contributed by atoms with Crippen LogP contribution in [0.2, 0.25) is 0 Å². The van der Waals surface area contributed by atoms with E-state index in [4.69, 9.17) is 0 Å². The van der Waals surface area contributed by atoms with Crippen LogP contribution in [0.1, 0.15) is 22.5 Å². The number of rotatable bonds is 4. The number of aromatic nitrogens is 3. The summed E-state index contributed by atoms with van der Waals surface area (Å²) in [5, 5.41) is 7.13. The molecule has 0 radical (unpaired) electrons. The van der Waals surface area contributed by atoms with Crippen molar-refractivity contribution in [3.63, 3.8) is 0 Å². The van der Waals surface area contributed by atoms with Gasteiger partial charge in [-0.3, -0.25) is 9.36 Å². The molecule has 0 aliphatic carbocycles. The first-order chi connectivity index (χ1) is 15.8. The van der Waals surface area contributed by atoms with E-state index in [1.54, 1.807) is 16.8 Å². The summed E-state index contributed by atoms with van der Waals surface area (Å²) in [5.41, 5.74) is 2.42. The summed E-state index contributed by atoms with van der Waals surface area (Å²) in [4.78, 5) is 21.9. The van der Waals surface area contributed by atoms with Gasteiger partial charge in [-0.25, -0.2) is 4.98 Å². The number of alkyl halides is 3. The molecule has 7 nitrogen and oxygen atoms in total. The monoisotopic (exact) mass is 475 g/mol. The van der Waals surface area contributed by atoms with Crippen molar-refractivity contribution in [2.24, 2.45) is 0 Å². The molecule has 33 heavy (non-hydrogen) atoms. The van der Waals surface area contributed by atoms with Gasteiger partial charge < -0.3 is 20.4 Å². The van der Waals surface area contributed by atoms with E-state index in [1.165, 1.54) is 35.6 Å². The largest absolute Gasteiger partial charge is 0.573 e. The lowest BCUT2D eigenvalue weighted by Gasteiger charge is -2.23. The molecule has 11 heteroatoms. The minimum absolute atomic E-state index is 0.0665. The Labute approximate surface area is 189 Å². The van der Waals surface area contributed by atoms with Gasteiger partial charge in [-0.2, -0.15) is 0 Å². The molecule has 1 amide bonds. The smallest absolute Gasteiger partial charge is 0.406 e. The molecule has 4 heterocycles. The number of aromatic amines is 1. The number of benzene rings is 1. The lowest BCUT2D eigenvalue weighted by atomic mass is 10.1. The third-order valence-corrected chi connectivity index (χ3v) is 6.61. The van der Waals surface area contributed by atoms with Gasteiger partial charge in [-0.15, -0.1) is 24.5 Å². The molecule has 5 rings (SSSR count). The van der Waals surface area contributed by atoms with Gasteiger partial charge in [-0.1, -0.05) is 6.58 Å². The molecule has 172 valence electrons. The van der Waals surface area contributed by atoms with Crippen molar-refractivity contribution in [2.45, 2.75) is 25.2 Å². The van der Waals surface area contributed by atoms with Gasteiger partial charge in [0.25, 0.3) is 5.91 Å². The second-order valence-electron chi connectivity index (χ2n) is 7.78. The number of hydrogen-bond donors (Lipinski definition) is 3. The Balaban J connectivity index is 1.56. The van der Waals surface area contributed by atoms with Gasteiger partial charge in [0.15, 0.2) is 0 Å². The number of H-pyrrole nitrogens is 1.